The molecule has 2 aromatic rings. The maximum absolute atomic E-state index is 4.35. The minimum Gasteiger partial charge on any atom is -0.361 e. The van der Waals surface area contributed by atoms with Gasteiger partial charge in [0, 0.05) is 28.9 Å². The minimum atomic E-state index is 1.01. The van der Waals surface area contributed by atoms with Crippen LogP contribution < -0.4 is 15.9 Å². The quantitative estimate of drug-likeness (QED) is 0.678. The van der Waals surface area contributed by atoms with E-state index in [4.69, 9.17) is 0 Å². The van der Waals surface area contributed by atoms with Crippen LogP contribution in [0.15, 0.2) is 42.6 Å². The molecule has 0 aliphatic carbocycles. The highest BCUT2D eigenvalue weighted by molar-refractivity contribution is 5.71. The van der Waals surface area contributed by atoms with E-state index in [9.17, 15) is 0 Å². The lowest BCUT2D eigenvalue weighted by atomic mass is 10.1. The van der Waals surface area contributed by atoms with Gasteiger partial charge in [0.1, 0.15) is 0 Å². The van der Waals surface area contributed by atoms with Gasteiger partial charge in [0.05, 0.1) is 5.35 Å². The van der Waals surface area contributed by atoms with Crippen molar-refractivity contribution in [1.82, 2.24) is 4.98 Å². The van der Waals surface area contributed by atoms with Crippen LogP contribution in [0.4, 0.5) is 5.69 Å². The van der Waals surface area contributed by atoms with E-state index in [1.165, 1.54) is 5.56 Å². The number of pyridine rings is 1. The molecule has 2 heteroatoms. The smallest absolute Gasteiger partial charge is 0.0723 e. The number of aromatic nitrogens is 1. The fraction of sp³-hybridized carbons (Fsp3) is 0. The summed E-state index contributed by atoms with van der Waals surface area (Å²) in [5.41, 5.74) is 2.29. The lowest BCUT2D eigenvalue weighted by Gasteiger charge is -2.02. The van der Waals surface area contributed by atoms with Crippen molar-refractivity contribution < 1.29 is 0 Å². The van der Waals surface area contributed by atoms with E-state index in [0.29, 0.717) is 0 Å². The van der Waals surface area contributed by atoms with E-state index in [0.717, 1.165) is 16.3 Å². The highest BCUT2D eigenvalue weighted by Crippen LogP contribution is 2.15. The van der Waals surface area contributed by atoms with Crippen LogP contribution in [0.3, 0.4) is 0 Å². The molecule has 1 aromatic carbocycles. The lowest BCUT2D eigenvalue weighted by Crippen LogP contribution is -2.27. The summed E-state index contributed by atoms with van der Waals surface area (Å²) in [6, 6.07) is 12.2. The Bertz CT molecular complexity index is 614. The minimum absolute atomic E-state index is 1.01. The molecule has 72 valence electrons. The maximum Gasteiger partial charge on any atom is 0.0723 e. The van der Waals surface area contributed by atoms with E-state index in [2.05, 4.69) is 34.6 Å². The number of nitrogens with one attached hydrogen (secondary N) is 1. The Balaban J connectivity index is 2.36. The summed E-state index contributed by atoms with van der Waals surface area (Å²) < 4.78 is 0. The Labute approximate surface area is 87.6 Å². The van der Waals surface area contributed by atoms with Crippen LogP contribution in [-0.2, 0) is 0 Å². The summed E-state index contributed by atoms with van der Waals surface area (Å²) in [7, 11) is 0. The zero-order valence-corrected chi connectivity index (χ0v) is 8.14. The molecule has 1 aliphatic heterocycles. The fourth-order valence-corrected chi connectivity index (χ4v) is 1.73. The van der Waals surface area contributed by atoms with Crippen molar-refractivity contribution in [2.75, 3.05) is 5.32 Å². The summed E-state index contributed by atoms with van der Waals surface area (Å²) in [6.45, 7) is 0. The third kappa shape index (κ3) is 1.40. The summed E-state index contributed by atoms with van der Waals surface area (Å²) in [6.07, 6.45) is 5.91. The van der Waals surface area contributed by atoms with Crippen LogP contribution in [0.1, 0.15) is 5.56 Å². The summed E-state index contributed by atoms with van der Waals surface area (Å²) >= 11 is 0. The molecule has 3 rings (SSSR count). The zero-order valence-electron chi connectivity index (χ0n) is 8.14. The molecule has 0 fully saturated rings. The van der Waals surface area contributed by atoms with Crippen molar-refractivity contribution in [3.8, 4) is 0 Å². The van der Waals surface area contributed by atoms with E-state index >= 15 is 0 Å². The summed E-state index contributed by atoms with van der Waals surface area (Å²) in [4.78, 5) is 4.35. The first kappa shape index (κ1) is 8.24. The van der Waals surface area contributed by atoms with Crippen molar-refractivity contribution in [2.24, 2.45) is 0 Å². The molecular formula is C13H10N2. The Morgan fingerprint density at radius 2 is 1.93 bits per heavy atom. The normalized spacial score (nSPS) is 12.3. The first-order chi connectivity index (χ1) is 7.43. The molecule has 0 bridgehead atoms. The second kappa shape index (κ2) is 3.24. The topological polar surface area (TPSA) is 24.9 Å². The monoisotopic (exact) mass is 194 g/mol. The van der Waals surface area contributed by atoms with Gasteiger partial charge >= 0.3 is 0 Å². The zero-order chi connectivity index (χ0) is 10.1. The van der Waals surface area contributed by atoms with Crippen LogP contribution in [-0.4, -0.2) is 4.98 Å². The molecule has 2 heterocycles. The van der Waals surface area contributed by atoms with Crippen molar-refractivity contribution >= 4 is 18.0 Å². The number of fused-ring (bicyclic) bond motifs is 2. The van der Waals surface area contributed by atoms with Gasteiger partial charge in [-0.15, -0.1) is 0 Å². The Kier molecular flexibility index (Phi) is 1.78. The van der Waals surface area contributed by atoms with Crippen molar-refractivity contribution in [2.45, 2.75) is 0 Å². The van der Waals surface area contributed by atoms with Crippen LogP contribution in [0, 0.1) is 0 Å². The van der Waals surface area contributed by atoms with Gasteiger partial charge in [-0.1, -0.05) is 18.2 Å². The lowest BCUT2D eigenvalue weighted by molar-refractivity contribution is 1.22. The molecule has 1 aromatic heterocycles. The molecule has 0 amide bonds. The van der Waals surface area contributed by atoms with Gasteiger partial charge in [-0.3, -0.25) is 4.98 Å². The van der Waals surface area contributed by atoms with E-state index in [1.54, 1.807) is 0 Å². The van der Waals surface area contributed by atoms with Gasteiger partial charge in [-0.25, -0.2) is 0 Å². The third-order valence-electron chi connectivity index (χ3n) is 2.51. The first-order valence-corrected chi connectivity index (χ1v) is 4.92. The largest absolute Gasteiger partial charge is 0.361 e. The number of hydrogen-bond acceptors (Lipinski definition) is 2. The highest BCUT2D eigenvalue weighted by Gasteiger charge is 2.00. The second-order valence-corrected chi connectivity index (χ2v) is 3.50. The van der Waals surface area contributed by atoms with Gasteiger partial charge in [0.15, 0.2) is 0 Å². The van der Waals surface area contributed by atoms with Gasteiger partial charge in [0.2, 0.25) is 0 Å². The number of nitrogens with zero attached hydrogens (tertiary/aromatic N) is 1. The van der Waals surface area contributed by atoms with E-state index in [-0.39, 0.29) is 0 Å². The second-order valence-electron chi connectivity index (χ2n) is 3.50. The van der Waals surface area contributed by atoms with Gasteiger partial charge in [0.25, 0.3) is 0 Å². The highest BCUT2D eigenvalue weighted by atomic mass is 14.8. The van der Waals surface area contributed by atoms with Gasteiger partial charge < -0.3 is 5.32 Å². The summed E-state index contributed by atoms with van der Waals surface area (Å²) in [5, 5.41) is 5.41. The van der Waals surface area contributed by atoms with Crippen LogP contribution in [0.25, 0.3) is 12.3 Å². The van der Waals surface area contributed by atoms with E-state index < -0.39 is 0 Å². The van der Waals surface area contributed by atoms with Crippen molar-refractivity contribution in [3.63, 3.8) is 0 Å². The number of rotatable bonds is 0. The number of para-hydroxylation sites is 1. The van der Waals surface area contributed by atoms with Crippen molar-refractivity contribution in [3.05, 3.63) is 58.7 Å². The maximum atomic E-state index is 4.35. The molecule has 0 unspecified atom stereocenters. The average Bonchev–Trinajstić information content (AvgIpc) is 2.48. The molecule has 0 atom stereocenters. The Morgan fingerprint density at radius 1 is 1.00 bits per heavy atom. The molecule has 15 heavy (non-hydrogen) atoms. The Hall–Kier alpha value is -2.09. The number of hydrogen-bond donors (Lipinski definition) is 1. The number of anilines is 1. The molecule has 2 nitrogen and oxygen atoms in total. The van der Waals surface area contributed by atoms with Gasteiger partial charge in [-0.2, -0.15) is 0 Å². The molecule has 0 saturated heterocycles. The van der Waals surface area contributed by atoms with Gasteiger partial charge in [-0.05, 0) is 24.3 Å². The summed E-state index contributed by atoms with van der Waals surface area (Å²) in [5.74, 6) is 0. The molecule has 1 aliphatic rings. The molecule has 0 radical (unpaired) electrons. The Morgan fingerprint density at radius 3 is 2.93 bits per heavy atom. The first-order valence-electron chi connectivity index (χ1n) is 4.92. The van der Waals surface area contributed by atoms with Crippen molar-refractivity contribution in [1.29, 1.82) is 0 Å². The predicted octanol–water partition coefficient (Wildman–Crippen LogP) is 1.07. The molecule has 1 N–H and O–H groups in total. The molecule has 0 spiro atoms. The fourth-order valence-electron chi connectivity index (χ4n) is 1.73. The predicted molar refractivity (Wildman–Crippen MR) is 61.6 cm³/mol. The SMILES string of the molecule is C1=c2cccnc2=Cc2ccccc2N1. The van der Waals surface area contributed by atoms with Crippen LogP contribution >= 0.6 is 0 Å². The molecule has 0 saturated carbocycles. The van der Waals surface area contributed by atoms with Crippen LogP contribution in [0.2, 0.25) is 0 Å². The number of benzene rings is 1. The third-order valence-corrected chi connectivity index (χ3v) is 2.51. The van der Waals surface area contributed by atoms with Crippen LogP contribution in [0.5, 0.6) is 0 Å². The van der Waals surface area contributed by atoms with E-state index in [1.807, 2.05) is 30.6 Å². The standard InChI is InChI=1S/C13H10N2/c1-2-6-12-10(4-1)8-13-11(9-15-12)5-3-7-14-13/h1-9,15H. The molecular weight excluding hydrogens is 184 g/mol. The average molecular weight is 194 g/mol.